The van der Waals surface area contributed by atoms with Crippen LogP contribution in [0.15, 0.2) is 18.2 Å². The van der Waals surface area contributed by atoms with Gasteiger partial charge in [-0.1, -0.05) is 0 Å². The minimum absolute atomic E-state index is 0.363. The molecule has 0 bridgehead atoms. The van der Waals surface area contributed by atoms with E-state index in [0.29, 0.717) is 32.0 Å². The molecule has 0 N–H and O–H groups in total. The van der Waals surface area contributed by atoms with Gasteiger partial charge in [-0.3, -0.25) is 0 Å². The Kier molecular flexibility index (Phi) is 3.75. The first-order valence-electron chi connectivity index (χ1n) is 7.08. The van der Waals surface area contributed by atoms with Crippen LogP contribution in [0.5, 0.6) is 0 Å². The SMILES string of the molecule is N#Cc1cc(N2CCCC3(C2)OCCO3)ccc1C(F)(F)F. The van der Waals surface area contributed by atoms with Crippen LogP contribution in [0.1, 0.15) is 24.0 Å². The lowest BCUT2D eigenvalue weighted by Crippen LogP contribution is -2.49. The molecule has 7 heteroatoms. The maximum atomic E-state index is 12.8. The molecule has 0 aliphatic carbocycles. The first kappa shape index (κ1) is 15.1. The molecule has 0 saturated carbocycles. The topological polar surface area (TPSA) is 45.5 Å². The summed E-state index contributed by atoms with van der Waals surface area (Å²) in [6.07, 6.45) is -2.93. The zero-order valence-electron chi connectivity index (χ0n) is 11.8. The van der Waals surface area contributed by atoms with Gasteiger partial charge in [-0.15, -0.1) is 0 Å². The summed E-state index contributed by atoms with van der Waals surface area (Å²) in [6.45, 7) is 2.22. The minimum Gasteiger partial charge on any atom is -0.366 e. The van der Waals surface area contributed by atoms with Crippen LogP contribution < -0.4 is 4.90 Å². The van der Waals surface area contributed by atoms with Crippen molar-refractivity contribution in [2.45, 2.75) is 24.8 Å². The predicted octanol–water partition coefficient (Wildman–Crippen LogP) is 2.92. The van der Waals surface area contributed by atoms with Gasteiger partial charge in [0.25, 0.3) is 0 Å². The van der Waals surface area contributed by atoms with Crippen molar-refractivity contribution in [3.63, 3.8) is 0 Å². The summed E-state index contributed by atoms with van der Waals surface area (Å²) < 4.78 is 49.9. The number of rotatable bonds is 1. The number of nitrogens with zero attached hydrogens (tertiary/aromatic N) is 2. The van der Waals surface area contributed by atoms with E-state index in [4.69, 9.17) is 14.7 Å². The second kappa shape index (κ2) is 5.45. The monoisotopic (exact) mass is 312 g/mol. The van der Waals surface area contributed by atoms with E-state index in [1.807, 2.05) is 4.90 Å². The van der Waals surface area contributed by atoms with Crippen LogP contribution >= 0.6 is 0 Å². The average Bonchev–Trinajstić information content (AvgIpc) is 2.93. The van der Waals surface area contributed by atoms with E-state index in [9.17, 15) is 13.2 Å². The fraction of sp³-hybridized carbons (Fsp3) is 0.533. The Labute approximate surface area is 126 Å². The van der Waals surface area contributed by atoms with Crippen molar-refractivity contribution in [3.05, 3.63) is 29.3 Å². The number of benzene rings is 1. The highest BCUT2D eigenvalue weighted by atomic mass is 19.4. The smallest absolute Gasteiger partial charge is 0.366 e. The van der Waals surface area contributed by atoms with E-state index in [0.717, 1.165) is 18.9 Å². The first-order valence-corrected chi connectivity index (χ1v) is 7.08. The molecule has 1 spiro atoms. The Morgan fingerprint density at radius 1 is 1.23 bits per heavy atom. The third-order valence-electron chi connectivity index (χ3n) is 4.03. The summed E-state index contributed by atoms with van der Waals surface area (Å²) in [5, 5.41) is 8.99. The molecular weight excluding hydrogens is 297 g/mol. The Morgan fingerprint density at radius 3 is 2.59 bits per heavy atom. The first-order chi connectivity index (χ1) is 10.4. The van der Waals surface area contributed by atoms with Crippen molar-refractivity contribution >= 4 is 5.69 Å². The number of halogens is 3. The van der Waals surface area contributed by atoms with Crippen LogP contribution in [0.3, 0.4) is 0 Å². The van der Waals surface area contributed by atoms with E-state index in [-0.39, 0.29) is 5.56 Å². The van der Waals surface area contributed by atoms with Gasteiger partial charge >= 0.3 is 6.18 Å². The highest BCUT2D eigenvalue weighted by Gasteiger charge is 2.41. The van der Waals surface area contributed by atoms with E-state index in [1.165, 1.54) is 12.1 Å². The molecule has 2 saturated heterocycles. The van der Waals surface area contributed by atoms with Gasteiger partial charge in [0.15, 0.2) is 5.79 Å². The Balaban J connectivity index is 1.87. The molecule has 0 radical (unpaired) electrons. The summed E-state index contributed by atoms with van der Waals surface area (Å²) in [5.74, 6) is -0.659. The molecule has 0 unspecified atom stereocenters. The Bertz CT molecular complexity index is 604. The van der Waals surface area contributed by atoms with E-state index < -0.39 is 17.5 Å². The van der Waals surface area contributed by atoms with Crippen molar-refractivity contribution in [1.82, 2.24) is 0 Å². The van der Waals surface area contributed by atoms with Crippen molar-refractivity contribution in [2.75, 3.05) is 31.2 Å². The van der Waals surface area contributed by atoms with E-state index in [2.05, 4.69) is 0 Å². The lowest BCUT2D eigenvalue weighted by Gasteiger charge is -2.39. The Hall–Kier alpha value is -1.78. The highest BCUT2D eigenvalue weighted by Crippen LogP contribution is 2.36. The van der Waals surface area contributed by atoms with Crippen molar-refractivity contribution in [3.8, 4) is 6.07 Å². The molecule has 2 aliphatic heterocycles. The summed E-state index contributed by atoms with van der Waals surface area (Å²) in [5.41, 5.74) is -0.681. The predicted molar refractivity (Wildman–Crippen MR) is 72.2 cm³/mol. The summed E-state index contributed by atoms with van der Waals surface area (Å²) in [6, 6.07) is 5.29. The number of alkyl halides is 3. The normalized spacial score (nSPS) is 21.1. The minimum atomic E-state index is -4.52. The average molecular weight is 312 g/mol. The summed E-state index contributed by atoms with van der Waals surface area (Å²) >= 11 is 0. The van der Waals surface area contributed by atoms with Crippen LogP contribution in [0.2, 0.25) is 0 Å². The van der Waals surface area contributed by atoms with Crippen LogP contribution in [0.4, 0.5) is 18.9 Å². The maximum Gasteiger partial charge on any atom is 0.417 e. The quantitative estimate of drug-likeness (QED) is 0.800. The molecule has 0 amide bonds. The molecule has 3 rings (SSSR count). The largest absolute Gasteiger partial charge is 0.417 e. The zero-order chi connectivity index (χ0) is 15.8. The maximum absolute atomic E-state index is 12.8. The Morgan fingerprint density at radius 2 is 1.95 bits per heavy atom. The number of nitriles is 1. The molecule has 1 aromatic carbocycles. The van der Waals surface area contributed by atoms with Crippen LogP contribution in [-0.2, 0) is 15.7 Å². The highest BCUT2D eigenvalue weighted by molar-refractivity contribution is 5.55. The van der Waals surface area contributed by atoms with Crippen LogP contribution in [-0.4, -0.2) is 32.1 Å². The molecule has 2 aliphatic rings. The van der Waals surface area contributed by atoms with Crippen LogP contribution in [0.25, 0.3) is 0 Å². The number of hydrogen-bond acceptors (Lipinski definition) is 4. The lowest BCUT2D eigenvalue weighted by atomic mass is 10.0. The molecule has 4 nitrogen and oxygen atoms in total. The second-order valence-corrected chi connectivity index (χ2v) is 5.47. The molecule has 1 aromatic rings. The van der Waals surface area contributed by atoms with E-state index >= 15 is 0 Å². The molecule has 2 fully saturated rings. The number of hydrogen-bond donors (Lipinski definition) is 0. The number of piperidine rings is 1. The molecule has 0 atom stereocenters. The van der Waals surface area contributed by atoms with Gasteiger partial charge in [0.2, 0.25) is 0 Å². The summed E-state index contributed by atoms with van der Waals surface area (Å²) in [7, 11) is 0. The van der Waals surface area contributed by atoms with Gasteiger partial charge < -0.3 is 14.4 Å². The fourth-order valence-electron chi connectivity index (χ4n) is 3.01. The lowest BCUT2D eigenvalue weighted by molar-refractivity contribution is -0.161. The van der Waals surface area contributed by atoms with Gasteiger partial charge in [-0.05, 0) is 24.6 Å². The van der Waals surface area contributed by atoms with Crippen molar-refractivity contribution in [2.24, 2.45) is 0 Å². The van der Waals surface area contributed by atoms with Crippen LogP contribution in [0, 0.1) is 11.3 Å². The van der Waals surface area contributed by atoms with Gasteiger partial charge in [-0.25, -0.2) is 0 Å². The van der Waals surface area contributed by atoms with Crippen molar-refractivity contribution < 1.29 is 22.6 Å². The summed E-state index contributed by atoms with van der Waals surface area (Å²) in [4.78, 5) is 1.91. The standard InChI is InChI=1S/C15H15F3N2O2/c16-15(17,18)13-3-2-12(8-11(13)9-19)20-5-1-4-14(10-20)21-6-7-22-14/h2-3,8H,1,4-7,10H2. The molecule has 118 valence electrons. The van der Waals surface area contributed by atoms with Gasteiger partial charge in [-0.2, -0.15) is 18.4 Å². The van der Waals surface area contributed by atoms with Crippen molar-refractivity contribution in [1.29, 1.82) is 5.26 Å². The van der Waals surface area contributed by atoms with Gasteiger partial charge in [0.05, 0.1) is 37.0 Å². The fourth-order valence-corrected chi connectivity index (χ4v) is 3.01. The zero-order valence-corrected chi connectivity index (χ0v) is 11.8. The van der Waals surface area contributed by atoms with Gasteiger partial charge in [0, 0.05) is 18.7 Å². The molecule has 2 heterocycles. The second-order valence-electron chi connectivity index (χ2n) is 5.47. The third-order valence-corrected chi connectivity index (χ3v) is 4.03. The molecular formula is C15H15F3N2O2. The van der Waals surface area contributed by atoms with E-state index in [1.54, 1.807) is 6.07 Å². The number of ether oxygens (including phenoxy) is 2. The number of anilines is 1. The third kappa shape index (κ3) is 2.76. The molecule has 22 heavy (non-hydrogen) atoms. The van der Waals surface area contributed by atoms with Gasteiger partial charge in [0.1, 0.15) is 0 Å². The molecule has 0 aromatic heterocycles.